The van der Waals surface area contributed by atoms with E-state index in [1.165, 1.54) is 0 Å². The van der Waals surface area contributed by atoms with Crippen LogP contribution < -0.4 is 0 Å². The highest BCUT2D eigenvalue weighted by atomic mass is 32.1. The SMILES string of the molecule is FC(F)(F)n1nc(-c2nc3ccccc3o2)c2ccsc21. The molecule has 0 saturated heterocycles. The van der Waals surface area contributed by atoms with Gasteiger partial charge in [0.15, 0.2) is 11.3 Å². The molecular weight excluding hydrogens is 303 g/mol. The van der Waals surface area contributed by atoms with Crippen LogP contribution in [-0.2, 0) is 6.30 Å². The zero-order valence-corrected chi connectivity index (χ0v) is 11.1. The van der Waals surface area contributed by atoms with Gasteiger partial charge in [0, 0.05) is 5.39 Å². The van der Waals surface area contributed by atoms with Crippen molar-refractivity contribution in [3.63, 3.8) is 0 Å². The van der Waals surface area contributed by atoms with Gasteiger partial charge in [-0.3, -0.25) is 0 Å². The van der Waals surface area contributed by atoms with Crippen molar-refractivity contribution >= 4 is 32.7 Å². The number of para-hydroxylation sites is 2. The van der Waals surface area contributed by atoms with Crippen LogP contribution in [0.4, 0.5) is 13.2 Å². The first-order valence-electron chi connectivity index (χ1n) is 5.93. The second-order valence-corrected chi connectivity index (χ2v) is 5.25. The molecular formula is C13H6F3N3OS. The number of rotatable bonds is 1. The summed E-state index contributed by atoms with van der Waals surface area (Å²) in [6.45, 7) is 0. The predicted octanol–water partition coefficient (Wildman–Crippen LogP) is 4.38. The summed E-state index contributed by atoms with van der Waals surface area (Å²) in [6, 6.07) is 8.57. The highest BCUT2D eigenvalue weighted by Crippen LogP contribution is 2.36. The van der Waals surface area contributed by atoms with Gasteiger partial charge in [0.1, 0.15) is 10.3 Å². The van der Waals surface area contributed by atoms with Gasteiger partial charge in [0.05, 0.1) is 0 Å². The minimum atomic E-state index is -4.58. The highest BCUT2D eigenvalue weighted by Gasteiger charge is 2.36. The summed E-state index contributed by atoms with van der Waals surface area (Å²) < 4.78 is 44.5. The van der Waals surface area contributed by atoms with E-state index < -0.39 is 6.30 Å². The van der Waals surface area contributed by atoms with Gasteiger partial charge in [-0.25, -0.2) is 4.98 Å². The summed E-state index contributed by atoms with van der Waals surface area (Å²) in [5.41, 5.74) is 1.19. The molecule has 0 atom stereocenters. The zero-order chi connectivity index (χ0) is 14.6. The van der Waals surface area contributed by atoms with Crippen molar-refractivity contribution in [2.45, 2.75) is 6.30 Å². The fourth-order valence-electron chi connectivity index (χ4n) is 2.15. The number of benzene rings is 1. The first kappa shape index (κ1) is 12.4. The monoisotopic (exact) mass is 309 g/mol. The Hall–Kier alpha value is -2.35. The van der Waals surface area contributed by atoms with Gasteiger partial charge in [0.25, 0.3) is 0 Å². The van der Waals surface area contributed by atoms with Crippen molar-refractivity contribution in [2.75, 3.05) is 0 Å². The van der Waals surface area contributed by atoms with Crippen molar-refractivity contribution in [3.8, 4) is 11.6 Å². The number of halogens is 3. The molecule has 0 unspecified atom stereocenters. The summed E-state index contributed by atoms with van der Waals surface area (Å²) in [7, 11) is 0. The van der Waals surface area contributed by atoms with Gasteiger partial charge in [-0.05, 0) is 23.6 Å². The van der Waals surface area contributed by atoms with Crippen LogP contribution in [0, 0.1) is 0 Å². The molecule has 0 bridgehead atoms. The maximum atomic E-state index is 13.0. The first-order chi connectivity index (χ1) is 10.0. The molecule has 8 heteroatoms. The number of aromatic nitrogens is 3. The van der Waals surface area contributed by atoms with Crippen molar-refractivity contribution in [1.82, 2.24) is 14.8 Å². The van der Waals surface area contributed by atoms with Crippen LogP contribution in [0.15, 0.2) is 40.1 Å². The Labute approximate surface area is 119 Å². The molecule has 4 rings (SSSR count). The molecule has 0 amide bonds. The fourth-order valence-corrected chi connectivity index (χ4v) is 3.02. The number of fused-ring (bicyclic) bond motifs is 2. The molecule has 0 aliphatic heterocycles. The highest BCUT2D eigenvalue weighted by molar-refractivity contribution is 7.16. The Bertz CT molecular complexity index is 917. The Morgan fingerprint density at radius 1 is 1.14 bits per heavy atom. The second-order valence-electron chi connectivity index (χ2n) is 4.35. The maximum absolute atomic E-state index is 13.0. The van der Waals surface area contributed by atoms with Crippen molar-refractivity contribution < 1.29 is 17.6 Å². The predicted molar refractivity (Wildman–Crippen MR) is 71.9 cm³/mol. The Morgan fingerprint density at radius 3 is 2.71 bits per heavy atom. The third-order valence-electron chi connectivity index (χ3n) is 3.03. The molecule has 0 saturated carbocycles. The van der Waals surface area contributed by atoms with Crippen LogP contribution in [0.3, 0.4) is 0 Å². The van der Waals surface area contributed by atoms with E-state index in [0.717, 1.165) is 11.3 Å². The Morgan fingerprint density at radius 2 is 1.95 bits per heavy atom. The van der Waals surface area contributed by atoms with Gasteiger partial charge < -0.3 is 4.42 Å². The van der Waals surface area contributed by atoms with Crippen LogP contribution in [0.1, 0.15) is 0 Å². The van der Waals surface area contributed by atoms with Crippen LogP contribution >= 0.6 is 11.3 Å². The normalized spacial score (nSPS) is 12.5. The summed E-state index contributed by atoms with van der Waals surface area (Å²) in [5, 5.41) is 5.59. The minimum absolute atomic E-state index is 0.0276. The van der Waals surface area contributed by atoms with E-state index in [-0.39, 0.29) is 21.1 Å². The van der Waals surface area contributed by atoms with Crippen LogP contribution in [-0.4, -0.2) is 14.8 Å². The summed E-state index contributed by atoms with van der Waals surface area (Å²) >= 11 is 0.974. The largest absolute Gasteiger partial charge is 0.505 e. The molecule has 21 heavy (non-hydrogen) atoms. The molecule has 0 N–H and O–H groups in total. The fraction of sp³-hybridized carbons (Fsp3) is 0.0769. The van der Waals surface area contributed by atoms with Crippen LogP contribution in [0.2, 0.25) is 0 Å². The van der Waals surface area contributed by atoms with E-state index >= 15 is 0 Å². The average molecular weight is 309 g/mol. The van der Waals surface area contributed by atoms with E-state index in [4.69, 9.17) is 4.42 Å². The van der Waals surface area contributed by atoms with Crippen LogP contribution in [0.5, 0.6) is 0 Å². The lowest BCUT2D eigenvalue weighted by Crippen LogP contribution is -2.17. The molecule has 0 spiro atoms. The van der Waals surface area contributed by atoms with Gasteiger partial charge in [-0.2, -0.15) is 9.78 Å². The lowest BCUT2D eigenvalue weighted by atomic mass is 10.3. The van der Waals surface area contributed by atoms with Crippen molar-refractivity contribution in [1.29, 1.82) is 0 Å². The average Bonchev–Trinajstić information content (AvgIpc) is 3.10. The zero-order valence-electron chi connectivity index (χ0n) is 10.3. The van der Waals surface area contributed by atoms with E-state index in [1.807, 2.05) is 0 Å². The first-order valence-corrected chi connectivity index (χ1v) is 6.81. The lowest BCUT2D eigenvalue weighted by molar-refractivity contribution is -0.208. The third kappa shape index (κ3) is 1.83. The number of alkyl halides is 3. The summed E-state index contributed by atoms with van der Waals surface area (Å²) in [6.07, 6.45) is -4.58. The van der Waals surface area contributed by atoms with E-state index in [2.05, 4.69) is 10.1 Å². The molecule has 3 aromatic heterocycles. The molecule has 0 aliphatic rings. The minimum Gasteiger partial charge on any atom is -0.435 e. The third-order valence-corrected chi connectivity index (χ3v) is 3.92. The number of nitrogens with zero attached hydrogens (tertiary/aromatic N) is 3. The molecule has 0 radical (unpaired) electrons. The maximum Gasteiger partial charge on any atom is 0.505 e. The van der Waals surface area contributed by atoms with Gasteiger partial charge >= 0.3 is 6.30 Å². The molecule has 3 heterocycles. The number of hydrogen-bond donors (Lipinski definition) is 0. The van der Waals surface area contributed by atoms with Gasteiger partial charge in [-0.1, -0.05) is 12.1 Å². The van der Waals surface area contributed by atoms with E-state index in [0.29, 0.717) is 16.5 Å². The molecule has 1 aromatic carbocycles. The molecule has 106 valence electrons. The summed E-state index contributed by atoms with van der Waals surface area (Å²) in [4.78, 5) is 4.23. The standard InChI is InChI=1S/C13H6F3N3OS/c14-13(15,16)19-12-7(5-6-21-12)10(18-19)11-17-8-3-1-2-4-9(8)20-11/h1-6H. The smallest absolute Gasteiger partial charge is 0.435 e. The van der Waals surface area contributed by atoms with Gasteiger partial charge in [0.2, 0.25) is 5.89 Å². The number of hydrogen-bond acceptors (Lipinski definition) is 4. The quantitative estimate of drug-likeness (QED) is 0.524. The molecule has 0 fully saturated rings. The van der Waals surface area contributed by atoms with Gasteiger partial charge in [-0.15, -0.1) is 24.5 Å². The lowest BCUT2D eigenvalue weighted by Gasteiger charge is -2.04. The second kappa shape index (κ2) is 4.08. The Kier molecular flexibility index (Phi) is 2.41. The van der Waals surface area contributed by atoms with E-state index in [9.17, 15) is 13.2 Å². The molecule has 4 nitrogen and oxygen atoms in total. The Balaban J connectivity index is 2.00. The topological polar surface area (TPSA) is 43.9 Å². The number of oxazole rings is 1. The van der Waals surface area contributed by atoms with E-state index in [1.54, 1.807) is 35.7 Å². The van der Waals surface area contributed by atoms with Crippen LogP contribution in [0.25, 0.3) is 32.9 Å². The molecule has 4 aromatic rings. The van der Waals surface area contributed by atoms with Crippen molar-refractivity contribution in [2.24, 2.45) is 0 Å². The summed E-state index contributed by atoms with van der Waals surface area (Å²) in [5.74, 6) is 0.0857. The number of thiophene rings is 1. The molecule has 0 aliphatic carbocycles. The van der Waals surface area contributed by atoms with Crippen molar-refractivity contribution in [3.05, 3.63) is 35.7 Å².